The number of thioether (sulfide) groups is 1. The quantitative estimate of drug-likeness (QED) is 0.376. The van der Waals surface area contributed by atoms with Crippen LogP contribution in [0.15, 0.2) is 12.2 Å². The van der Waals surface area contributed by atoms with Crippen molar-refractivity contribution in [2.24, 2.45) is 0 Å². The molecule has 0 spiro atoms. The summed E-state index contributed by atoms with van der Waals surface area (Å²) in [6, 6.07) is 0. The zero-order valence-corrected chi connectivity index (χ0v) is 8.74. The molecule has 3 heteroatoms. The number of carbonyl (C=O) groups excluding carboxylic acids is 1. The Kier molecular flexibility index (Phi) is 5.89. The molecule has 0 fully saturated rings. The Labute approximate surface area is 78.4 Å². The van der Waals surface area contributed by atoms with E-state index in [1.54, 1.807) is 18.7 Å². The summed E-state index contributed by atoms with van der Waals surface area (Å²) < 4.78 is 4.89. The van der Waals surface area contributed by atoms with Gasteiger partial charge in [-0.05, 0) is 12.2 Å². The number of rotatable bonds is 5. The van der Waals surface area contributed by atoms with Gasteiger partial charge in [-0.2, -0.15) is 11.8 Å². The second-order valence-electron chi connectivity index (χ2n) is 2.84. The maximum absolute atomic E-state index is 10.9. The molecule has 0 saturated carbocycles. The van der Waals surface area contributed by atoms with Crippen LogP contribution in [0.2, 0.25) is 0 Å². The van der Waals surface area contributed by atoms with Crippen molar-refractivity contribution >= 4 is 17.7 Å². The summed E-state index contributed by atoms with van der Waals surface area (Å²) in [4.78, 5) is 10.9. The van der Waals surface area contributed by atoms with Gasteiger partial charge in [-0.15, -0.1) is 0 Å². The fraction of sp³-hybridized carbons (Fsp3) is 0.667. The molecule has 0 amide bonds. The van der Waals surface area contributed by atoms with E-state index in [1.807, 2.05) is 0 Å². The minimum absolute atomic E-state index is 0.292. The lowest BCUT2D eigenvalue weighted by Crippen LogP contribution is -2.08. The van der Waals surface area contributed by atoms with E-state index in [1.165, 1.54) is 0 Å². The number of ether oxygens (including phenoxy) is 1. The molecule has 70 valence electrons. The largest absolute Gasteiger partial charge is 0.461 e. The normalized spacial score (nSPS) is 10.0. The molecule has 0 heterocycles. The van der Waals surface area contributed by atoms with E-state index in [4.69, 9.17) is 4.74 Å². The molecule has 0 radical (unpaired) electrons. The van der Waals surface area contributed by atoms with Crippen LogP contribution in [0.3, 0.4) is 0 Å². The van der Waals surface area contributed by atoms with Crippen molar-refractivity contribution in [2.75, 3.05) is 12.4 Å². The monoisotopic (exact) mass is 188 g/mol. The van der Waals surface area contributed by atoms with Crippen LogP contribution in [-0.2, 0) is 9.53 Å². The summed E-state index contributed by atoms with van der Waals surface area (Å²) in [6.45, 7) is 9.85. The minimum Gasteiger partial charge on any atom is -0.461 e. The van der Waals surface area contributed by atoms with Crippen LogP contribution in [0, 0.1) is 0 Å². The van der Waals surface area contributed by atoms with Gasteiger partial charge in [-0.3, -0.25) is 0 Å². The van der Waals surface area contributed by atoms with Gasteiger partial charge in [0, 0.05) is 11.3 Å². The topological polar surface area (TPSA) is 26.3 Å². The molecule has 0 rings (SSSR count). The van der Waals surface area contributed by atoms with Gasteiger partial charge < -0.3 is 4.74 Å². The molecular formula is C9H16O2S. The predicted octanol–water partition coefficient (Wildman–Crippen LogP) is 2.25. The van der Waals surface area contributed by atoms with E-state index in [9.17, 15) is 4.79 Å². The van der Waals surface area contributed by atoms with Gasteiger partial charge in [0.05, 0.1) is 0 Å². The molecule has 0 atom stereocenters. The van der Waals surface area contributed by atoms with E-state index in [0.717, 1.165) is 5.75 Å². The van der Waals surface area contributed by atoms with Gasteiger partial charge >= 0.3 is 5.97 Å². The number of carbonyl (C=O) groups is 1. The Morgan fingerprint density at radius 1 is 1.58 bits per heavy atom. The van der Waals surface area contributed by atoms with E-state index < -0.39 is 0 Å². The Balaban J connectivity index is 3.32. The Morgan fingerprint density at radius 2 is 2.17 bits per heavy atom. The molecule has 0 unspecified atom stereocenters. The zero-order valence-electron chi connectivity index (χ0n) is 7.92. The third kappa shape index (κ3) is 6.28. The molecule has 0 aliphatic carbocycles. The van der Waals surface area contributed by atoms with Gasteiger partial charge in [0.1, 0.15) is 6.61 Å². The predicted molar refractivity (Wildman–Crippen MR) is 53.4 cm³/mol. The zero-order chi connectivity index (χ0) is 9.56. The lowest BCUT2D eigenvalue weighted by Gasteiger charge is -2.05. The van der Waals surface area contributed by atoms with Crippen LogP contribution in [-0.4, -0.2) is 23.6 Å². The van der Waals surface area contributed by atoms with Crippen molar-refractivity contribution in [1.29, 1.82) is 0 Å². The second kappa shape index (κ2) is 6.12. The van der Waals surface area contributed by atoms with Crippen LogP contribution >= 0.6 is 11.8 Å². The minimum atomic E-state index is -0.292. The first-order valence-electron chi connectivity index (χ1n) is 3.98. The highest BCUT2D eigenvalue weighted by Gasteiger charge is 2.02. The molecule has 0 aliphatic heterocycles. The average Bonchev–Trinajstić information content (AvgIpc) is 1.97. The first-order valence-corrected chi connectivity index (χ1v) is 5.03. The van der Waals surface area contributed by atoms with Gasteiger partial charge in [-0.25, -0.2) is 4.79 Å². The first-order chi connectivity index (χ1) is 5.54. The summed E-state index contributed by atoms with van der Waals surface area (Å²) in [7, 11) is 0. The van der Waals surface area contributed by atoms with E-state index in [-0.39, 0.29) is 5.97 Å². The third-order valence-corrected chi connectivity index (χ3v) is 2.19. The number of hydrogen-bond acceptors (Lipinski definition) is 3. The molecular weight excluding hydrogens is 172 g/mol. The van der Waals surface area contributed by atoms with Crippen molar-refractivity contribution in [3.8, 4) is 0 Å². The SMILES string of the molecule is C=C(C)C(=O)OCCSC(C)C. The standard InChI is InChI=1S/C9H16O2S/c1-7(2)9(10)11-5-6-12-8(3)4/h8H,1,5-6H2,2-4H3. The Morgan fingerprint density at radius 3 is 2.58 bits per heavy atom. The summed E-state index contributed by atoms with van der Waals surface area (Å²) in [5.74, 6) is 0.566. The average molecular weight is 188 g/mol. The molecule has 0 aromatic rings. The fourth-order valence-electron chi connectivity index (χ4n) is 0.541. The molecule has 12 heavy (non-hydrogen) atoms. The Bertz CT molecular complexity index is 164. The summed E-state index contributed by atoms with van der Waals surface area (Å²) >= 11 is 1.78. The van der Waals surface area contributed by atoms with E-state index in [0.29, 0.717) is 17.4 Å². The number of hydrogen-bond donors (Lipinski definition) is 0. The highest BCUT2D eigenvalue weighted by atomic mass is 32.2. The summed E-state index contributed by atoms with van der Waals surface area (Å²) in [5.41, 5.74) is 0.463. The first kappa shape index (κ1) is 11.6. The van der Waals surface area contributed by atoms with Crippen LogP contribution in [0.25, 0.3) is 0 Å². The van der Waals surface area contributed by atoms with Crippen molar-refractivity contribution in [1.82, 2.24) is 0 Å². The van der Waals surface area contributed by atoms with Gasteiger partial charge in [0.25, 0.3) is 0 Å². The van der Waals surface area contributed by atoms with Crippen LogP contribution in [0.1, 0.15) is 20.8 Å². The molecule has 0 aromatic carbocycles. The summed E-state index contributed by atoms with van der Waals surface area (Å²) in [5, 5.41) is 0.591. The molecule has 2 nitrogen and oxygen atoms in total. The van der Waals surface area contributed by atoms with E-state index >= 15 is 0 Å². The van der Waals surface area contributed by atoms with Crippen LogP contribution < -0.4 is 0 Å². The third-order valence-electron chi connectivity index (χ3n) is 1.12. The molecule has 0 saturated heterocycles. The van der Waals surface area contributed by atoms with Crippen molar-refractivity contribution < 1.29 is 9.53 Å². The second-order valence-corrected chi connectivity index (χ2v) is 4.52. The van der Waals surface area contributed by atoms with Gasteiger partial charge in [-0.1, -0.05) is 20.4 Å². The smallest absolute Gasteiger partial charge is 0.333 e. The van der Waals surface area contributed by atoms with E-state index in [2.05, 4.69) is 20.4 Å². The Hall–Kier alpha value is -0.440. The molecule has 0 N–H and O–H groups in total. The fourth-order valence-corrected chi connectivity index (χ4v) is 1.19. The van der Waals surface area contributed by atoms with Crippen LogP contribution in [0.5, 0.6) is 0 Å². The van der Waals surface area contributed by atoms with Crippen molar-refractivity contribution in [2.45, 2.75) is 26.0 Å². The molecule has 0 aliphatic rings. The highest BCUT2D eigenvalue weighted by molar-refractivity contribution is 7.99. The van der Waals surface area contributed by atoms with Gasteiger partial charge in [0.15, 0.2) is 0 Å². The van der Waals surface area contributed by atoms with Crippen molar-refractivity contribution in [3.05, 3.63) is 12.2 Å². The lowest BCUT2D eigenvalue weighted by molar-refractivity contribution is -0.138. The highest BCUT2D eigenvalue weighted by Crippen LogP contribution is 2.08. The molecule has 0 aromatic heterocycles. The van der Waals surface area contributed by atoms with Crippen molar-refractivity contribution in [3.63, 3.8) is 0 Å². The summed E-state index contributed by atoms with van der Waals surface area (Å²) in [6.07, 6.45) is 0. The van der Waals surface area contributed by atoms with Crippen LogP contribution in [0.4, 0.5) is 0 Å². The van der Waals surface area contributed by atoms with Gasteiger partial charge in [0.2, 0.25) is 0 Å². The molecule has 0 bridgehead atoms. The maximum atomic E-state index is 10.9. The maximum Gasteiger partial charge on any atom is 0.333 e. The number of esters is 1. The lowest BCUT2D eigenvalue weighted by atomic mass is 10.4.